The molecular formula is C12H11BrClN5. The van der Waals surface area contributed by atoms with E-state index in [2.05, 4.69) is 31.0 Å². The Hall–Kier alpha value is -1.40. The molecule has 3 heterocycles. The summed E-state index contributed by atoms with van der Waals surface area (Å²) in [5, 5.41) is 4.17. The molecule has 3 aromatic rings. The van der Waals surface area contributed by atoms with Crippen LogP contribution in [0.4, 0.5) is 0 Å². The predicted octanol–water partition coefficient (Wildman–Crippen LogP) is 2.71. The standard InChI is InChI=1S/C12H11BrClN5/c1-18-6-8(4-16-18)7-19-11(3-14)17-10-2-9(13)5-15-12(10)19/h2,4-6H,3,7H2,1H3. The molecule has 5 nitrogen and oxygen atoms in total. The molecule has 0 N–H and O–H groups in total. The van der Waals surface area contributed by atoms with Crippen molar-refractivity contribution in [2.24, 2.45) is 7.05 Å². The number of nitrogens with zero attached hydrogens (tertiary/aromatic N) is 5. The summed E-state index contributed by atoms with van der Waals surface area (Å²) >= 11 is 9.37. The molecule has 0 bridgehead atoms. The molecule has 0 radical (unpaired) electrons. The quantitative estimate of drug-likeness (QED) is 0.689. The molecule has 7 heteroatoms. The monoisotopic (exact) mass is 339 g/mol. The molecule has 0 aliphatic heterocycles. The topological polar surface area (TPSA) is 48.5 Å². The molecule has 0 saturated carbocycles. The smallest absolute Gasteiger partial charge is 0.160 e. The van der Waals surface area contributed by atoms with Gasteiger partial charge in [-0.3, -0.25) is 4.68 Å². The first-order valence-corrected chi connectivity index (χ1v) is 7.04. The van der Waals surface area contributed by atoms with Gasteiger partial charge in [-0.2, -0.15) is 5.10 Å². The predicted molar refractivity (Wildman–Crippen MR) is 77.1 cm³/mol. The van der Waals surface area contributed by atoms with Gasteiger partial charge in [0, 0.05) is 29.5 Å². The normalized spacial score (nSPS) is 11.3. The third-order valence-electron chi connectivity index (χ3n) is 2.85. The van der Waals surface area contributed by atoms with Crippen molar-refractivity contribution in [1.29, 1.82) is 0 Å². The van der Waals surface area contributed by atoms with Gasteiger partial charge in [0.15, 0.2) is 5.65 Å². The number of pyridine rings is 1. The molecule has 0 unspecified atom stereocenters. The molecule has 98 valence electrons. The number of aromatic nitrogens is 5. The molecule has 0 amide bonds. The molecule has 3 aromatic heterocycles. The summed E-state index contributed by atoms with van der Waals surface area (Å²) in [4.78, 5) is 8.93. The number of rotatable bonds is 3. The van der Waals surface area contributed by atoms with Gasteiger partial charge >= 0.3 is 0 Å². The van der Waals surface area contributed by atoms with E-state index in [0.717, 1.165) is 27.0 Å². The van der Waals surface area contributed by atoms with Gasteiger partial charge in [0.05, 0.1) is 18.6 Å². The lowest BCUT2D eigenvalue weighted by Gasteiger charge is -2.04. The highest BCUT2D eigenvalue weighted by Crippen LogP contribution is 2.20. The number of hydrogen-bond acceptors (Lipinski definition) is 3. The number of fused-ring (bicyclic) bond motifs is 1. The molecule has 0 saturated heterocycles. The first-order valence-electron chi connectivity index (χ1n) is 5.71. The minimum Gasteiger partial charge on any atom is -0.307 e. The van der Waals surface area contributed by atoms with Gasteiger partial charge in [0.25, 0.3) is 0 Å². The third-order valence-corrected chi connectivity index (χ3v) is 3.52. The number of imidazole rings is 1. The lowest BCUT2D eigenvalue weighted by molar-refractivity contribution is 0.756. The summed E-state index contributed by atoms with van der Waals surface area (Å²) in [6.07, 6.45) is 5.58. The zero-order chi connectivity index (χ0) is 13.4. The van der Waals surface area contributed by atoms with Crippen molar-refractivity contribution in [3.05, 3.63) is 40.5 Å². The largest absolute Gasteiger partial charge is 0.307 e. The Labute approximate surface area is 123 Å². The molecule has 0 atom stereocenters. The lowest BCUT2D eigenvalue weighted by Crippen LogP contribution is -2.04. The fourth-order valence-electron chi connectivity index (χ4n) is 2.04. The Morgan fingerprint density at radius 1 is 1.37 bits per heavy atom. The fourth-order valence-corrected chi connectivity index (χ4v) is 2.56. The highest BCUT2D eigenvalue weighted by molar-refractivity contribution is 9.10. The maximum absolute atomic E-state index is 5.97. The van der Waals surface area contributed by atoms with Crippen LogP contribution in [0.5, 0.6) is 0 Å². The molecule has 0 aliphatic carbocycles. The van der Waals surface area contributed by atoms with E-state index in [1.807, 2.05) is 30.1 Å². The van der Waals surface area contributed by atoms with Crippen LogP contribution in [0.2, 0.25) is 0 Å². The zero-order valence-electron chi connectivity index (χ0n) is 10.2. The van der Waals surface area contributed by atoms with Gasteiger partial charge in [-0.1, -0.05) is 0 Å². The van der Waals surface area contributed by atoms with Crippen LogP contribution in [0.25, 0.3) is 11.2 Å². The molecule has 0 aliphatic rings. The fraction of sp³-hybridized carbons (Fsp3) is 0.250. The van der Waals surface area contributed by atoms with Gasteiger partial charge in [-0.05, 0) is 22.0 Å². The van der Waals surface area contributed by atoms with Gasteiger partial charge in [0.1, 0.15) is 11.3 Å². The number of alkyl halides is 1. The van der Waals surface area contributed by atoms with E-state index < -0.39 is 0 Å². The van der Waals surface area contributed by atoms with Crippen LogP contribution < -0.4 is 0 Å². The summed E-state index contributed by atoms with van der Waals surface area (Å²) in [7, 11) is 1.90. The maximum atomic E-state index is 5.97. The summed E-state index contributed by atoms with van der Waals surface area (Å²) in [6.45, 7) is 0.668. The Kier molecular flexibility index (Phi) is 3.28. The van der Waals surface area contributed by atoms with Crippen molar-refractivity contribution >= 4 is 38.7 Å². The first kappa shape index (κ1) is 12.6. The van der Waals surface area contributed by atoms with Crippen molar-refractivity contribution in [2.45, 2.75) is 12.4 Å². The Morgan fingerprint density at radius 3 is 2.89 bits per heavy atom. The molecule has 0 aromatic carbocycles. The average molecular weight is 341 g/mol. The highest BCUT2D eigenvalue weighted by atomic mass is 79.9. The minimum absolute atomic E-state index is 0.355. The molecule has 19 heavy (non-hydrogen) atoms. The molecular weight excluding hydrogens is 330 g/mol. The van der Waals surface area contributed by atoms with Crippen molar-refractivity contribution in [3.63, 3.8) is 0 Å². The second-order valence-corrected chi connectivity index (χ2v) is 5.45. The van der Waals surface area contributed by atoms with Gasteiger partial charge in [-0.25, -0.2) is 9.97 Å². The molecule has 0 fully saturated rings. The van der Waals surface area contributed by atoms with Crippen molar-refractivity contribution in [2.75, 3.05) is 0 Å². The SMILES string of the molecule is Cn1cc(Cn2c(CCl)nc3cc(Br)cnc32)cn1. The Bertz CT molecular complexity index is 733. The summed E-state index contributed by atoms with van der Waals surface area (Å²) < 4.78 is 4.71. The lowest BCUT2D eigenvalue weighted by atomic mass is 10.3. The van der Waals surface area contributed by atoms with Crippen LogP contribution in [-0.4, -0.2) is 24.3 Å². The van der Waals surface area contributed by atoms with Crippen LogP contribution in [-0.2, 0) is 19.5 Å². The van der Waals surface area contributed by atoms with Crippen molar-refractivity contribution in [3.8, 4) is 0 Å². The van der Waals surface area contributed by atoms with Crippen LogP contribution >= 0.6 is 27.5 Å². The van der Waals surface area contributed by atoms with Crippen LogP contribution in [0.1, 0.15) is 11.4 Å². The van der Waals surface area contributed by atoms with Crippen molar-refractivity contribution < 1.29 is 0 Å². The molecule has 0 spiro atoms. The summed E-state index contributed by atoms with van der Waals surface area (Å²) in [6, 6.07) is 1.94. The van der Waals surface area contributed by atoms with E-state index >= 15 is 0 Å². The maximum Gasteiger partial charge on any atom is 0.160 e. The summed E-state index contributed by atoms with van der Waals surface area (Å²) in [5.41, 5.74) is 2.77. The Morgan fingerprint density at radius 2 is 2.21 bits per heavy atom. The second kappa shape index (κ2) is 4.94. The van der Waals surface area contributed by atoms with Gasteiger partial charge < -0.3 is 4.57 Å². The van der Waals surface area contributed by atoms with E-state index in [0.29, 0.717) is 12.4 Å². The average Bonchev–Trinajstić information content (AvgIpc) is 2.94. The molecule has 3 rings (SSSR count). The highest BCUT2D eigenvalue weighted by Gasteiger charge is 2.12. The number of aryl methyl sites for hydroxylation is 1. The number of halogens is 2. The van der Waals surface area contributed by atoms with E-state index in [1.165, 1.54) is 0 Å². The zero-order valence-corrected chi connectivity index (χ0v) is 12.6. The summed E-state index contributed by atoms with van der Waals surface area (Å²) in [5.74, 6) is 1.17. The van der Waals surface area contributed by atoms with Gasteiger partial charge in [0.2, 0.25) is 0 Å². The van der Waals surface area contributed by atoms with Crippen molar-refractivity contribution in [1.82, 2.24) is 24.3 Å². The second-order valence-electron chi connectivity index (χ2n) is 4.27. The van der Waals surface area contributed by atoms with E-state index in [1.54, 1.807) is 10.9 Å². The van der Waals surface area contributed by atoms with Crippen LogP contribution in [0.15, 0.2) is 29.1 Å². The van der Waals surface area contributed by atoms with E-state index in [-0.39, 0.29) is 0 Å². The van der Waals surface area contributed by atoms with Crippen LogP contribution in [0, 0.1) is 0 Å². The third kappa shape index (κ3) is 2.37. The van der Waals surface area contributed by atoms with Crippen LogP contribution in [0.3, 0.4) is 0 Å². The van der Waals surface area contributed by atoms with E-state index in [9.17, 15) is 0 Å². The van der Waals surface area contributed by atoms with Gasteiger partial charge in [-0.15, -0.1) is 11.6 Å². The number of hydrogen-bond donors (Lipinski definition) is 0. The Balaban J connectivity index is 2.10. The first-order chi connectivity index (χ1) is 9.17. The minimum atomic E-state index is 0.355. The van der Waals surface area contributed by atoms with E-state index in [4.69, 9.17) is 11.6 Å².